The van der Waals surface area contributed by atoms with Gasteiger partial charge in [0.25, 0.3) is 0 Å². The molecule has 0 saturated carbocycles. The van der Waals surface area contributed by atoms with E-state index in [1.807, 2.05) is 0 Å². The first kappa shape index (κ1) is 21.3. The van der Waals surface area contributed by atoms with Gasteiger partial charge in [-0.2, -0.15) is 0 Å². The summed E-state index contributed by atoms with van der Waals surface area (Å²) in [6, 6.07) is 0. The monoisotopic (exact) mass is 334 g/mol. The molecular weight excluding hydrogens is 292 g/mol. The molecule has 140 valence electrons. The molecule has 1 aromatic heterocycles. The Hall–Kier alpha value is -0.790. The first-order valence-electron chi connectivity index (χ1n) is 10.1. The number of aromatic amines is 1. The summed E-state index contributed by atoms with van der Waals surface area (Å²) >= 11 is 0. The summed E-state index contributed by atoms with van der Waals surface area (Å²) in [5, 5.41) is 0. The second-order valence-corrected chi connectivity index (χ2v) is 9.52. The number of rotatable bonds is 10. The van der Waals surface area contributed by atoms with E-state index in [2.05, 4.69) is 67.3 Å². The highest BCUT2D eigenvalue weighted by Gasteiger charge is 2.36. The second kappa shape index (κ2) is 8.06. The van der Waals surface area contributed by atoms with Crippen molar-refractivity contribution in [2.24, 2.45) is 0 Å². The van der Waals surface area contributed by atoms with Gasteiger partial charge in [0, 0.05) is 21.9 Å². The van der Waals surface area contributed by atoms with Crippen LogP contribution in [0.1, 0.15) is 124 Å². The van der Waals surface area contributed by atoms with Crippen LogP contribution in [-0.2, 0) is 16.2 Å². The molecule has 0 spiro atoms. The van der Waals surface area contributed by atoms with Crippen molar-refractivity contribution in [1.82, 2.24) is 9.97 Å². The summed E-state index contributed by atoms with van der Waals surface area (Å²) in [4.78, 5) is 9.01. The van der Waals surface area contributed by atoms with Crippen molar-refractivity contribution in [1.29, 1.82) is 0 Å². The van der Waals surface area contributed by atoms with E-state index in [1.165, 1.54) is 55.7 Å². The molecular formula is C22H42N2. The zero-order chi connectivity index (χ0) is 18.6. The third kappa shape index (κ3) is 4.86. The van der Waals surface area contributed by atoms with Gasteiger partial charge in [-0.15, -0.1) is 0 Å². The van der Waals surface area contributed by atoms with Crippen LogP contribution in [0.2, 0.25) is 0 Å². The minimum atomic E-state index is 0.119. The zero-order valence-electron chi connectivity index (χ0n) is 17.9. The molecule has 0 aliphatic rings. The van der Waals surface area contributed by atoms with E-state index in [4.69, 9.17) is 4.98 Å². The zero-order valence-corrected chi connectivity index (χ0v) is 17.9. The molecule has 0 aromatic carbocycles. The van der Waals surface area contributed by atoms with Gasteiger partial charge in [-0.1, -0.05) is 88.0 Å². The molecule has 0 fully saturated rings. The maximum atomic E-state index is 5.20. The molecule has 1 N–H and O–H groups in total. The lowest BCUT2D eigenvalue weighted by Crippen LogP contribution is -2.26. The van der Waals surface area contributed by atoms with Gasteiger partial charge in [0.1, 0.15) is 5.82 Å². The predicted molar refractivity (Wildman–Crippen MR) is 107 cm³/mol. The fraction of sp³-hybridized carbons (Fsp3) is 0.864. The molecule has 0 saturated heterocycles. The second-order valence-electron chi connectivity index (χ2n) is 9.52. The summed E-state index contributed by atoms with van der Waals surface area (Å²) in [5.41, 5.74) is 3.07. The SMILES string of the molecule is CCCCC(C)(C)c1nc(C(C)(C)CC)c(C(C)(C)CCCC)[nH]1. The lowest BCUT2D eigenvalue weighted by Gasteiger charge is -2.30. The minimum Gasteiger partial charge on any atom is -0.345 e. The van der Waals surface area contributed by atoms with Gasteiger partial charge in [-0.3, -0.25) is 0 Å². The van der Waals surface area contributed by atoms with E-state index in [1.54, 1.807) is 0 Å². The number of imidazole rings is 1. The third-order valence-corrected chi connectivity index (χ3v) is 5.86. The van der Waals surface area contributed by atoms with Gasteiger partial charge in [-0.25, -0.2) is 4.98 Å². The molecule has 0 aliphatic carbocycles. The van der Waals surface area contributed by atoms with Gasteiger partial charge in [0.15, 0.2) is 0 Å². The Bertz CT molecular complexity index is 506. The van der Waals surface area contributed by atoms with E-state index < -0.39 is 0 Å². The molecule has 1 aromatic rings. The Morgan fingerprint density at radius 1 is 0.750 bits per heavy atom. The summed E-state index contributed by atoms with van der Waals surface area (Å²) in [6.07, 6.45) is 8.54. The van der Waals surface area contributed by atoms with Gasteiger partial charge in [-0.05, 0) is 19.3 Å². The first-order valence-corrected chi connectivity index (χ1v) is 10.1. The molecule has 0 aliphatic heterocycles. The largest absolute Gasteiger partial charge is 0.345 e. The Balaban J connectivity index is 3.35. The predicted octanol–water partition coefficient (Wildman–Crippen LogP) is 7.03. The van der Waals surface area contributed by atoms with Crippen molar-refractivity contribution in [2.45, 2.75) is 124 Å². The Kier molecular flexibility index (Phi) is 7.14. The highest BCUT2D eigenvalue weighted by Crippen LogP contribution is 2.39. The third-order valence-electron chi connectivity index (χ3n) is 5.86. The molecule has 0 radical (unpaired) electrons. The van der Waals surface area contributed by atoms with Crippen molar-refractivity contribution >= 4 is 0 Å². The lowest BCUT2D eigenvalue weighted by molar-refractivity contribution is 0.416. The number of hydrogen-bond acceptors (Lipinski definition) is 1. The Labute approximate surface area is 151 Å². The number of aromatic nitrogens is 2. The van der Waals surface area contributed by atoms with E-state index in [0.29, 0.717) is 0 Å². The average Bonchev–Trinajstić information content (AvgIpc) is 2.99. The standard InChI is InChI=1S/C22H42N2/c1-10-13-15-21(6,7)18-17(20(4,5)12-3)23-19(24-18)22(8,9)16-14-11-2/h10-16H2,1-9H3,(H,23,24). The molecule has 0 unspecified atom stereocenters. The van der Waals surface area contributed by atoms with Crippen LogP contribution < -0.4 is 0 Å². The van der Waals surface area contributed by atoms with Gasteiger partial charge < -0.3 is 4.98 Å². The molecule has 2 heteroatoms. The quantitative estimate of drug-likeness (QED) is 0.488. The molecule has 1 heterocycles. The van der Waals surface area contributed by atoms with E-state index >= 15 is 0 Å². The maximum Gasteiger partial charge on any atom is 0.112 e. The summed E-state index contributed by atoms with van der Waals surface area (Å²) < 4.78 is 0. The van der Waals surface area contributed by atoms with Crippen LogP contribution in [0.4, 0.5) is 0 Å². The van der Waals surface area contributed by atoms with Gasteiger partial charge >= 0.3 is 0 Å². The molecule has 1 rings (SSSR count). The van der Waals surface area contributed by atoms with Crippen molar-refractivity contribution in [3.05, 3.63) is 17.2 Å². The van der Waals surface area contributed by atoms with Crippen LogP contribution in [0.3, 0.4) is 0 Å². The Morgan fingerprint density at radius 2 is 1.25 bits per heavy atom. The van der Waals surface area contributed by atoms with Gasteiger partial charge in [0.05, 0.1) is 5.69 Å². The molecule has 0 atom stereocenters. The van der Waals surface area contributed by atoms with E-state index in [-0.39, 0.29) is 16.2 Å². The van der Waals surface area contributed by atoms with Crippen molar-refractivity contribution in [3.8, 4) is 0 Å². The van der Waals surface area contributed by atoms with Crippen molar-refractivity contribution in [3.63, 3.8) is 0 Å². The van der Waals surface area contributed by atoms with Crippen LogP contribution >= 0.6 is 0 Å². The fourth-order valence-corrected chi connectivity index (χ4v) is 3.32. The molecule has 0 bridgehead atoms. The number of unbranched alkanes of at least 4 members (excludes halogenated alkanes) is 2. The van der Waals surface area contributed by atoms with Crippen LogP contribution in [0, 0.1) is 0 Å². The fourth-order valence-electron chi connectivity index (χ4n) is 3.32. The number of hydrogen-bond donors (Lipinski definition) is 1. The van der Waals surface area contributed by atoms with Crippen LogP contribution in [0.25, 0.3) is 0 Å². The van der Waals surface area contributed by atoms with Crippen LogP contribution in [-0.4, -0.2) is 9.97 Å². The average molecular weight is 335 g/mol. The lowest BCUT2D eigenvalue weighted by atomic mass is 9.76. The van der Waals surface area contributed by atoms with Gasteiger partial charge in [0.2, 0.25) is 0 Å². The van der Waals surface area contributed by atoms with E-state index in [0.717, 1.165) is 6.42 Å². The molecule has 24 heavy (non-hydrogen) atoms. The number of nitrogens with zero attached hydrogens (tertiary/aromatic N) is 1. The van der Waals surface area contributed by atoms with Crippen molar-refractivity contribution in [2.75, 3.05) is 0 Å². The van der Waals surface area contributed by atoms with Crippen LogP contribution in [0.5, 0.6) is 0 Å². The summed E-state index contributed by atoms with van der Waals surface area (Å²) in [7, 11) is 0. The minimum absolute atomic E-state index is 0.119. The van der Waals surface area contributed by atoms with E-state index in [9.17, 15) is 0 Å². The van der Waals surface area contributed by atoms with Crippen LogP contribution in [0.15, 0.2) is 0 Å². The maximum absolute atomic E-state index is 5.20. The molecule has 2 nitrogen and oxygen atoms in total. The first-order chi connectivity index (χ1) is 11.0. The molecule has 0 amide bonds. The number of H-pyrrole nitrogens is 1. The number of nitrogens with one attached hydrogen (secondary N) is 1. The Morgan fingerprint density at radius 3 is 1.71 bits per heavy atom. The smallest absolute Gasteiger partial charge is 0.112 e. The summed E-state index contributed by atoms with van der Waals surface area (Å²) in [6.45, 7) is 20.9. The topological polar surface area (TPSA) is 28.7 Å². The normalized spacial score (nSPS) is 13.5. The van der Waals surface area contributed by atoms with Crippen molar-refractivity contribution < 1.29 is 0 Å². The summed E-state index contributed by atoms with van der Waals surface area (Å²) in [5.74, 6) is 1.19. The highest BCUT2D eigenvalue weighted by molar-refractivity contribution is 5.31. The highest BCUT2D eigenvalue weighted by atomic mass is 15.0.